The average molecular weight is 272 g/mol. The normalized spacial score (nSPS) is 21.2. The minimum absolute atomic E-state index is 0.258. The largest absolute Gasteiger partial charge is 0.383 e. The highest BCUT2D eigenvalue weighted by Gasteiger charge is 2.67. The lowest BCUT2D eigenvalue weighted by molar-refractivity contribution is 0.185. The van der Waals surface area contributed by atoms with Crippen molar-refractivity contribution in [1.82, 2.24) is 14.8 Å². The van der Waals surface area contributed by atoms with Gasteiger partial charge in [-0.2, -0.15) is 0 Å². The number of alkyl halides is 1. The van der Waals surface area contributed by atoms with Gasteiger partial charge in [-0.05, 0) is 10.8 Å². The van der Waals surface area contributed by atoms with Crippen LogP contribution in [0.2, 0.25) is 0 Å². The van der Waals surface area contributed by atoms with Gasteiger partial charge >= 0.3 is 0 Å². The fraction of sp³-hybridized carbons (Fsp3) is 0.846. The van der Waals surface area contributed by atoms with E-state index in [1.807, 2.05) is 0 Å². The lowest BCUT2D eigenvalue weighted by atomic mass is 10.0. The second-order valence-electron chi connectivity index (χ2n) is 6.13. The van der Waals surface area contributed by atoms with Crippen molar-refractivity contribution in [2.45, 2.75) is 46.0 Å². The van der Waals surface area contributed by atoms with Crippen LogP contribution in [0.25, 0.3) is 0 Å². The van der Waals surface area contributed by atoms with Gasteiger partial charge in [0.1, 0.15) is 11.6 Å². The number of aromatic nitrogens is 3. The highest BCUT2D eigenvalue weighted by atomic mass is 35.5. The van der Waals surface area contributed by atoms with Crippen molar-refractivity contribution in [3.8, 4) is 0 Å². The summed E-state index contributed by atoms with van der Waals surface area (Å²) in [5, 5.41) is 8.57. The molecule has 0 spiro atoms. The molecule has 1 fully saturated rings. The summed E-state index contributed by atoms with van der Waals surface area (Å²) in [6.07, 6.45) is 0. The summed E-state index contributed by atoms with van der Waals surface area (Å²) < 4.78 is 7.28. The molecule has 0 aliphatic heterocycles. The molecule has 1 heterocycles. The lowest BCUT2D eigenvalue weighted by Crippen LogP contribution is -2.12. The van der Waals surface area contributed by atoms with Crippen LogP contribution in [0.3, 0.4) is 0 Å². The molecule has 0 bridgehead atoms. The Hall–Kier alpha value is -0.610. The van der Waals surface area contributed by atoms with Crippen molar-refractivity contribution in [3.05, 3.63) is 11.6 Å². The van der Waals surface area contributed by atoms with Gasteiger partial charge in [0.25, 0.3) is 0 Å². The molecule has 0 aromatic carbocycles. The summed E-state index contributed by atoms with van der Waals surface area (Å²) >= 11 is 5.93. The predicted octanol–water partition coefficient (Wildman–Crippen LogP) is 2.81. The highest BCUT2D eigenvalue weighted by Crippen LogP contribution is 2.73. The van der Waals surface area contributed by atoms with Gasteiger partial charge in [0.05, 0.1) is 12.5 Å². The first-order valence-corrected chi connectivity index (χ1v) is 6.88. The first kappa shape index (κ1) is 13.8. The second-order valence-corrected chi connectivity index (χ2v) is 6.40. The van der Waals surface area contributed by atoms with Crippen LogP contribution in [-0.4, -0.2) is 28.5 Å². The van der Waals surface area contributed by atoms with E-state index < -0.39 is 0 Å². The number of ether oxygens (including phenoxy) is 1. The quantitative estimate of drug-likeness (QED) is 0.773. The summed E-state index contributed by atoms with van der Waals surface area (Å²) in [4.78, 5) is 0. The molecule has 18 heavy (non-hydrogen) atoms. The maximum atomic E-state index is 5.93. The van der Waals surface area contributed by atoms with Crippen LogP contribution in [-0.2, 0) is 17.2 Å². The van der Waals surface area contributed by atoms with Gasteiger partial charge in [-0.3, -0.25) is 0 Å². The van der Waals surface area contributed by atoms with Gasteiger partial charge in [-0.15, -0.1) is 21.8 Å². The molecule has 1 aromatic heterocycles. The maximum absolute atomic E-state index is 5.93. The highest BCUT2D eigenvalue weighted by molar-refractivity contribution is 6.16. The third-order valence-corrected chi connectivity index (χ3v) is 5.01. The van der Waals surface area contributed by atoms with Crippen molar-refractivity contribution >= 4 is 11.6 Å². The van der Waals surface area contributed by atoms with Gasteiger partial charge in [-0.25, -0.2) is 0 Å². The summed E-state index contributed by atoms with van der Waals surface area (Å²) in [6, 6.07) is 0. The Balaban J connectivity index is 2.32. The molecule has 5 heteroatoms. The molecule has 2 rings (SSSR count). The Morgan fingerprint density at radius 1 is 1.22 bits per heavy atom. The average Bonchev–Trinajstić information content (AvgIpc) is 2.64. The molecule has 1 aliphatic carbocycles. The summed E-state index contributed by atoms with van der Waals surface area (Å²) in [5.74, 6) is 2.72. The molecule has 0 amide bonds. The summed E-state index contributed by atoms with van der Waals surface area (Å²) in [6.45, 7) is 10.6. The monoisotopic (exact) mass is 271 g/mol. The molecule has 1 aliphatic rings. The van der Waals surface area contributed by atoms with Crippen LogP contribution in [0.1, 0.15) is 45.3 Å². The third kappa shape index (κ3) is 1.86. The maximum Gasteiger partial charge on any atom is 0.148 e. The number of hydrogen-bond acceptors (Lipinski definition) is 3. The fourth-order valence-corrected chi connectivity index (χ4v) is 3.13. The number of hydrogen-bond donors (Lipinski definition) is 0. The van der Waals surface area contributed by atoms with Gasteiger partial charge in [-0.1, -0.05) is 27.7 Å². The second kappa shape index (κ2) is 4.49. The van der Waals surface area contributed by atoms with Gasteiger partial charge in [0.2, 0.25) is 0 Å². The van der Waals surface area contributed by atoms with E-state index in [0.29, 0.717) is 18.4 Å². The van der Waals surface area contributed by atoms with Crippen LogP contribution < -0.4 is 0 Å². The Bertz CT molecular complexity index is 425. The molecule has 0 saturated heterocycles. The third-order valence-electron chi connectivity index (χ3n) is 4.77. The van der Waals surface area contributed by atoms with Crippen LogP contribution in [0.4, 0.5) is 0 Å². The lowest BCUT2D eigenvalue weighted by Gasteiger charge is -2.09. The molecule has 0 unspecified atom stereocenters. The molecule has 0 radical (unpaired) electrons. The number of methoxy groups -OCH3 is 1. The zero-order chi connectivity index (χ0) is 13.6. The van der Waals surface area contributed by atoms with Crippen LogP contribution in [0.5, 0.6) is 0 Å². The topological polar surface area (TPSA) is 39.9 Å². The van der Waals surface area contributed by atoms with Crippen LogP contribution >= 0.6 is 11.6 Å². The smallest absolute Gasteiger partial charge is 0.148 e. The zero-order valence-corrected chi connectivity index (χ0v) is 12.6. The fourth-order valence-electron chi connectivity index (χ4n) is 2.93. The van der Waals surface area contributed by atoms with Crippen molar-refractivity contribution in [1.29, 1.82) is 0 Å². The minimum atomic E-state index is 0.258. The van der Waals surface area contributed by atoms with Crippen molar-refractivity contribution in [3.63, 3.8) is 0 Å². The van der Waals surface area contributed by atoms with Gasteiger partial charge < -0.3 is 9.30 Å². The minimum Gasteiger partial charge on any atom is -0.383 e. The SMILES string of the molecule is COCCn1c(CCl)nnc1C1C(C)(C)C1(C)C. The van der Waals surface area contributed by atoms with Crippen molar-refractivity contribution in [2.24, 2.45) is 10.8 Å². The molecular weight excluding hydrogens is 250 g/mol. The van der Waals surface area contributed by atoms with E-state index in [-0.39, 0.29) is 10.8 Å². The summed E-state index contributed by atoms with van der Waals surface area (Å²) in [5.41, 5.74) is 0.517. The van der Waals surface area contributed by atoms with E-state index in [1.165, 1.54) is 0 Å². The molecular formula is C13H22ClN3O. The predicted molar refractivity (Wildman–Crippen MR) is 71.8 cm³/mol. The Labute approximate surface area is 114 Å². The molecule has 1 saturated carbocycles. The van der Waals surface area contributed by atoms with E-state index in [9.17, 15) is 0 Å². The van der Waals surface area contributed by atoms with E-state index in [1.54, 1.807) is 7.11 Å². The Kier molecular flexibility index (Phi) is 3.45. The first-order valence-electron chi connectivity index (χ1n) is 6.34. The van der Waals surface area contributed by atoms with E-state index >= 15 is 0 Å². The number of halogens is 1. The first-order chi connectivity index (χ1) is 8.37. The van der Waals surface area contributed by atoms with E-state index in [2.05, 4.69) is 42.5 Å². The Morgan fingerprint density at radius 3 is 2.28 bits per heavy atom. The van der Waals surface area contributed by atoms with E-state index in [0.717, 1.165) is 18.2 Å². The van der Waals surface area contributed by atoms with E-state index in [4.69, 9.17) is 16.3 Å². The molecule has 0 N–H and O–H groups in total. The van der Waals surface area contributed by atoms with Crippen LogP contribution in [0, 0.1) is 10.8 Å². The van der Waals surface area contributed by atoms with Crippen molar-refractivity contribution in [2.75, 3.05) is 13.7 Å². The molecule has 1 aromatic rings. The molecule has 0 atom stereocenters. The number of rotatable bonds is 5. The van der Waals surface area contributed by atoms with Gasteiger partial charge in [0, 0.05) is 19.6 Å². The molecule has 102 valence electrons. The van der Waals surface area contributed by atoms with Crippen LogP contribution in [0.15, 0.2) is 0 Å². The molecule has 4 nitrogen and oxygen atoms in total. The standard InChI is InChI=1S/C13H22ClN3O/c1-12(2)10(13(12,3)4)11-16-15-9(8-14)17(11)6-7-18-5/h10H,6-8H2,1-5H3. The summed E-state index contributed by atoms with van der Waals surface area (Å²) in [7, 11) is 1.70. The van der Waals surface area contributed by atoms with Crippen molar-refractivity contribution < 1.29 is 4.74 Å². The number of nitrogens with zero attached hydrogens (tertiary/aromatic N) is 3. The zero-order valence-electron chi connectivity index (χ0n) is 11.8. The Morgan fingerprint density at radius 2 is 1.83 bits per heavy atom. The van der Waals surface area contributed by atoms with Gasteiger partial charge in [0.15, 0.2) is 0 Å².